The molecule has 0 heterocycles. The first-order valence-electron chi connectivity index (χ1n) is 5.53. The van der Waals surface area contributed by atoms with E-state index >= 15 is 0 Å². The van der Waals surface area contributed by atoms with E-state index in [1.165, 1.54) is 18.2 Å². The number of hydrogen-bond acceptors (Lipinski definition) is 3. The van der Waals surface area contributed by atoms with Crippen LogP contribution in [0.3, 0.4) is 0 Å². The average Bonchev–Trinajstić information content (AvgIpc) is 2.32. The van der Waals surface area contributed by atoms with Crippen molar-refractivity contribution in [3.8, 4) is 0 Å². The molecule has 0 aromatic heterocycles. The van der Waals surface area contributed by atoms with Crippen LogP contribution in [0.5, 0.6) is 0 Å². The zero-order chi connectivity index (χ0) is 12.8. The number of ether oxygens (including phenoxy) is 1. The van der Waals surface area contributed by atoms with Gasteiger partial charge in [-0.15, -0.1) is 0 Å². The first-order chi connectivity index (χ1) is 8.10. The average molecular weight is 244 g/mol. The predicted octanol–water partition coefficient (Wildman–Crippen LogP) is 2.28. The molecule has 2 atom stereocenters. The smallest absolute Gasteiger partial charge is 0.130 e. The van der Waals surface area contributed by atoms with Gasteiger partial charge in [-0.2, -0.15) is 0 Å². The predicted molar refractivity (Wildman–Crippen MR) is 62.1 cm³/mol. The van der Waals surface area contributed by atoms with Crippen LogP contribution in [-0.4, -0.2) is 13.2 Å². The summed E-state index contributed by atoms with van der Waals surface area (Å²) in [4.78, 5) is 0. The van der Waals surface area contributed by atoms with Gasteiger partial charge >= 0.3 is 0 Å². The zero-order valence-corrected chi connectivity index (χ0v) is 10.0. The van der Waals surface area contributed by atoms with Crippen LogP contribution in [0.25, 0.3) is 0 Å². The molecule has 1 rings (SSSR count). The Bertz CT molecular complexity index is 340. The second-order valence-electron chi connectivity index (χ2n) is 3.98. The largest absolute Gasteiger partial charge is 0.382 e. The first-order valence-corrected chi connectivity index (χ1v) is 5.53. The third-order valence-corrected chi connectivity index (χ3v) is 2.81. The first kappa shape index (κ1) is 14.0. The monoisotopic (exact) mass is 244 g/mol. The highest BCUT2D eigenvalue weighted by atomic mass is 19.1. The molecule has 0 aliphatic heterocycles. The molecule has 96 valence electrons. The maximum absolute atomic E-state index is 13.5. The van der Waals surface area contributed by atoms with Gasteiger partial charge in [0, 0.05) is 12.7 Å². The number of nitrogens with two attached hydrogens (primary N) is 1. The Balaban J connectivity index is 2.79. The third-order valence-electron chi connectivity index (χ3n) is 2.81. The van der Waals surface area contributed by atoms with Crippen LogP contribution in [0, 0.1) is 11.6 Å². The van der Waals surface area contributed by atoms with Crippen LogP contribution in [0.4, 0.5) is 8.78 Å². The van der Waals surface area contributed by atoms with Crippen molar-refractivity contribution in [2.45, 2.75) is 31.9 Å². The van der Waals surface area contributed by atoms with Crippen molar-refractivity contribution in [2.24, 2.45) is 5.84 Å². The fourth-order valence-corrected chi connectivity index (χ4v) is 1.67. The van der Waals surface area contributed by atoms with Crippen molar-refractivity contribution in [1.82, 2.24) is 5.43 Å². The number of rotatable bonds is 6. The summed E-state index contributed by atoms with van der Waals surface area (Å²) in [7, 11) is 1.60. The fourth-order valence-electron chi connectivity index (χ4n) is 1.67. The van der Waals surface area contributed by atoms with Crippen LogP contribution in [0.1, 0.15) is 31.4 Å². The van der Waals surface area contributed by atoms with Crippen molar-refractivity contribution < 1.29 is 13.5 Å². The van der Waals surface area contributed by atoms with Gasteiger partial charge in [0.1, 0.15) is 11.6 Å². The molecule has 0 fully saturated rings. The standard InChI is InChI=1S/C12H18F2N2O/c1-8(17-2)6-7-11(16-15)12-9(13)4-3-5-10(12)14/h3-5,8,11,16H,6-7,15H2,1-2H3. The summed E-state index contributed by atoms with van der Waals surface area (Å²) < 4.78 is 32.1. The minimum Gasteiger partial charge on any atom is -0.382 e. The van der Waals surface area contributed by atoms with Gasteiger partial charge in [0.2, 0.25) is 0 Å². The highest BCUT2D eigenvalue weighted by Gasteiger charge is 2.19. The Hall–Kier alpha value is -1.04. The topological polar surface area (TPSA) is 47.3 Å². The summed E-state index contributed by atoms with van der Waals surface area (Å²) in [5.41, 5.74) is 2.43. The molecule has 2 unspecified atom stereocenters. The van der Waals surface area contributed by atoms with Gasteiger partial charge in [0.15, 0.2) is 0 Å². The van der Waals surface area contributed by atoms with Crippen molar-refractivity contribution in [3.05, 3.63) is 35.4 Å². The summed E-state index contributed by atoms with van der Waals surface area (Å²) in [6.45, 7) is 1.89. The van der Waals surface area contributed by atoms with Gasteiger partial charge in [-0.05, 0) is 31.9 Å². The van der Waals surface area contributed by atoms with E-state index in [0.717, 1.165) is 0 Å². The lowest BCUT2D eigenvalue weighted by Crippen LogP contribution is -2.30. The van der Waals surface area contributed by atoms with E-state index < -0.39 is 17.7 Å². The summed E-state index contributed by atoms with van der Waals surface area (Å²) in [6.07, 6.45) is 1.20. The van der Waals surface area contributed by atoms with Crippen LogP contribution in [0.2, 0.25) is 0 Å². The van der Waals surface area contributed by atoms with Gasteiger partial charge < -0.3 is 4.74 Å². The molecule has 5 heteroatoms. The van der Waals surface area contributed by atoms with Crippen molar-refractivity contribution in [1.29, 1.82) is 0 Å². The molecule has 1 aromatic carbocycles. The molecule has 0 aliphatic rings. The molecule has 0 aliphatic carbocycles. The highest BCUT2D eigenvalue weighted by Crippen LogP contribution is 2.24. The Morgan fingerprint density at radius 3 is 2.35 bits per heavy atom. The quantitative estimate of drug-likeness (QED) is 0.596. The molecule has 0 saturated heterocycles. The molecule has 17 heavy (non-hydrogen) atoms. The number of hydrazine groups is 1. The lowest BCUT2D eigenvalue weighted by Gasteiger charge is -2.19. The van der Waals surface area contributed by atoms with Gasteiger partial charge in [0.05, 0.1) is 12.1 Å². The van der Waals surface area contributed by atoms with E-state index in [2.05, 4.69) is 5.43 Å². The number of methoxy groups -OCH3 is 1. The number of hydrogen-bond donors (Lipinski definition) is 2. The van der Waals surface area contributed by atoms with E-state index in [0.29, 0.717) is 12.8 Å². The summed E-state index contributed by atoms with van der Waals surface area (Å²) in [6, 6.07) is 3.23. The Morgan fingerprint density at radius 2 is 1.88 bits per heavy atom. The highest BCUT2D eigenvalue weighted by molar-refractivity contribution is 5.23. The number of benzene rings is 1. The molecule has 3 N–H and O–H groups in total. The summed E-state index contributed by atoms with van der Waals surface area (Å²) in [5.74, 6) is 4.18. The third kappa shape index (κ3) is 3.73. The maximum Gasteiger partial charge on any atom is 0.130 e. The normalized spacial score (nSPS) is 14.6. The van der Waals surface area contributed by atoms with Crippen LogP contribution in [-0.2, 0) is 4.74 Å². The minimum absolute atomic E-state index is 0.0155. The zero-order valence-electron chi connectivity index (χ0n) is 10.0. The lowest BCUT2D eigenvalue weighted by atomic mass is 10.00. The van der Waals surface area contributed by atoms with E-state index in [9.17, 15) is 8.78 Å². The number of halogens is 2. The fraction of sp³-hybridized carbons (Fsp3) is 0.500. The molecular weight excluding hydrogens is 226 g/mol. The summed E-state index contributed by atoms with van der Waals surface area (Å²) >= 11 is 0. The van der Waals surface area contributed by atoms with E-state index in [-0.39, 0.29) is 11.7 Å². The van der Waals surface area contributed by atoms with Crippen LogP contribution in [0.15, 0.2) is 18.2 Å². The molecule has 0 bridgehead atoms. The SMILES string of the molecule is COC(C)CCC(NN)c1c(F)cccc1F. The molecule has 0 spiro atoms. The Morgan fingerprint density at radius 1 is 1.29 bits per heavy atom. The second kappa shape index (κ2) is 6.64. The number of nitrogens with one attached hydrogen (secondary N) is 1. The van der Waals surface area contributed by atoms with Crippen molar-refractivity contribution in [2.75, 3.05) is 7.11 Å². The van der Waals surface area contributed by atoms with Gasteiger partial charge in [-0.3, -0.25) is 11.3 Å². The Labute approximate surface area is 99.9 Å². The van der Waals surface area contributed by atoms with Crippen molar-refractivity contribution >= 4 is 0 Å². The Kier molecular flexibility index (Phi) is 5.47. The molecule has 0 amide bonds. The second-order valence-corrected chi connectivity index (χ2v) is 3.98. The van der Waals surface area contributed by atoms with Crippen molar-refractivity contribution in [3.63, 3.8) is 0 Å². The molecule has 0 saturated carbocycles. The molecule has 1 aromatic rings. The van der Waals surface area contributed by atoms with E-state index in [1.807, 2.05) is 6.92 Å². The minimum atomic E-state index is -0.585. The van der Waals surface area contributed by atoms with E-state index in [1.54, 1.807) is 7.11 Å². The van der Waals surface area contributed by atoms with Crippen LogP contribution < -0.4 is 11.3 Å². The maximum atomic E-state index is 13.5. The van der Waals surface area contributed by atoms with Gasteiger partial charge in [-0.25, -0.2) is 8.78 Å². The van der Waals surface area contributed by atoms with Crippen LogP contribution >= 0.6 is 0 Å². The molecule has 0 radical (unpaired) electrons. The summed E-state index contributed by atoms with van der Waals surface area (Å²) in [5, 5.41) is 0. The van der Waals surface area contributed by atoms with Gasteiger partial charge in [-0.1, -0.05) is 6.07 Å². The molecular formula is C12H18F2N2O. The lowest BCUT2D eigenvalue weighted by molar-refractivity contribution is 0.106. The van der Waals surface area contributed by atoms with E-state index in [4.69, 9.17) is 10.6 Å². The van der Waals surface area contributed by atoms with Gasteiger partial charge in [0.25, 0.3) is 0 Å². The molecule has 3 nitrogen and oxygen atoms in total.